The van der Waals surface area contributed by atoms with Crippen molar-refractivity contribution in [1.29, 1.82) is 0 Å². The second-order valence-corrected chi connectivity index (χ2v) is 3.24. The van der Waals surface area contributed by atoms with Gasteiger partial charge in [0, 0.05) is 12.4 Å². The number of pyridine rings is 1. The monoisotopic (exact) mass is 244 g/mol. The summed E-state index contributed by atoms with van der Waals surface area (Å²) < 4.78 is 38.3. The van der Waals surface area contributed by atoms with Gasteiger partial charge >= 0.3 is 6.18 Å². The van der Waals surface area contributed by atoms with Crippen molar-refractivity contribution in [2.24, 2.45) is 5.16 Å². The molecule has 0 atom stereocenters. The molecule has 0 aliphatic carbocycles. The van der Waals surface area contributed by atoms with E-state index in [1.165, 1.54) is 31.5 Å². The number of aromatic nitrogens is 1. The lowest BCUT2D eigenvalue weighted by Gasteiger charge is -2.11. The van der Waals surface area contributed by atoms with Gasteiger partial charge in [-0.25, -0.2) is 0 Å². The molecule has 92 valence electrons. The molecule has 0 aliphatic rings. The molecule has 1 heterocycles. The molecule has 0 radical (unpaired) electrons. The fourth-order valence-corrected chi connectivity index (χ4v) is 1.27. The van der Waals surface area contributed by atoms with Crippen molar-refractivity contribution in [2.75, 3.05) is 0 Å². The van der Waals surface area contributed by atoms with Gasteiger partial charge in [0.1, 0.15) is 0 Å². The third-order valence-corrected chi connectivity index (χ3v) is 2.09. The minimum atomic E-state index is -4.55. The number of alkyl halides is 3. The Labute approximate surface area is 96.3 Å². The fourth-order valence-electron chi connectivity index (χ4n) is 1.27. The minimum Gasteiger partial charge on any atom is -0.411 e. The van der Waals surface area contributed by atoms with E-state index >= 15 is 0 Å². The number of allylic oxidation sites excluding steroid dienone is 1. The molecule has 0 saturated carbocycles. The van der Waals surface area contributed by atoms with Crippen LogP contribution in [-0.4, -0.2) is 22.1 Å². The second kappa shape index (κ2) is 5.47. The highest BCUT2D eigenvalue weighted by molar-refractivity contribution is 6.04. The van der Waals surface area contributed by atoms with Gasteiger partial charge in [-0.2, -0.15) is 13.2 Å². The van der Waals surface area contributed by atoms with E-state index in [2.05, 4.69) is 10.1 Å². The SMILES string of the molecule is CCC(=NO)/C(=C\c1ccncc1)C(F)(F)F. The summed E-state index contributed by atoms with van der Waals surface area (Å²) in [5.41, 5.74) is -0.995. The van der Waals surface area contributed by atoms with Gasteiger partial charge in [0.2, 0.25) is 0 Å². The van der Waals surface area contributed by atoms with Crippen LogP contribution in [0.5, 0.6) is 0 Å². The van der Waals surface area contributed by atoms with Crippen LogP contribution in [0.3, 0.4) is 0 Å². The van der Waals surface area contributed by atoms with E-state index in [4.69, 9.17) is 5.21 Å². The molecule has 0 amide bonds. The highest BCUT2D eigenvalue weighted by Crippen LogP contribution is 2.29. The van der Waals surface area contributed by atoms with Crippen molar-refractivity contribution < 1.29 is 18.4 Å². The lowest BCUT2D eigenvalue weighted by molar-refractivity contribution is -0.0855. The molecule has 1 rings (SSSR count). The molecule has 0 saturated heterocycles. The molecule has 0 bridgehead atoms. The summed E-state index contributed by atoms with van der Waals surface area (Å²) in [5, 5.41) is 11.3. The van der Waals surface area contributed by atoms with Crippen molar-refractivity contribution in [1.82, 2.24) is 4.98 Å². The highest BCUT2D eigenvalue weighted by atomic mass is 19.4. The van der Waals surface area contributed by atoms with E-state index in [-0.39, 0.29) is 6.42 Å². The summed E-state index contributed by atoms with van der Waals surface area (Å²) in [4.78, 5) is 3.71. The Kier molecular flexibility index (Phi) is 4.25. The lowest BCUT2D eigenvalue weighted by atomic mass is 10.0. The van der Waals surface area contributed by atoms with Crippen LogP contribution >= 0.6 is 0 Å². The molecule has 3 nitrogen and oxygen atoms in total. The Balaban J connectivity index is 3.21. The van der Waals surface area contributed by atoms with Gasteiger partial charge in [0.15, 0.2) is 0 Å². The third kappa shape index (κ3) is 3.58. The molecule has 0 unspecified atom stereocenters. The predicted octanol–water partition coefficient (Wildman–Crippen LogP) is 3.27. The average Bonchev–Trinajstić information content (AvgIpc) is 2.29. The first kappa shape index (κ1) is 13.2. The van der Waals surface area contributed by atoms with Crippen molar-refractivity contribution in [2.45, 2.75) is 19.5 Å². The number of nitrogens with zero attached hydrogens (tertiary/aromatic N) is 2. The Hall–Kier alpha value is -1.85. The molecular formula is C11H11F3N2O. The van der Waals surface area contributed by atoms with Gasteiger partial charge in [-0.15, -0.1) is 0 Å². The Morgan fingerprint density at radius 1 is 1.41 bits per heavy atom. The number of halogens is 3. The van der Waals surface area contributed by atoms with Crippen molar-refractivity contribution in [3.63, 3.8) is 0 Å². The van der Waals surface area contributed by atoms with Crippen LogP contribution in [-0.2, 0) is 0 Å². The molecule has 0 aliphatic heterocycles. The van der Waals surface area contributed by atoms with Crippen LogP contribution < -0.4 is 0 Å². The van der Waals surface area contributed by atoms with Crippen LogP contribution in [0.25, 0.3) is 6.08 Å². The van der Waals surface area contributed by atoms with Gasteiger partial charge in [-0.1, -0.05) is 12.1 Å². The van der Waals surface area contributed by atoms with Gasteiger partial charge in [0.25, 0.3) is 0 Å². The van der Waals surface area contributed by atoms with E-state index in [0.717, 1.165) is 6.08 Å². The van der Waals surface area contributed by atoms with E-state index in [1.54, 1.807) is 0 Å². The first-order valence-corrected chi connectivity index (χ1v) is 4.89. The first-order valence-electron chi connectivity index (χ1n) is 4.89. The normalized spacial score (nSPS) is 13.9. The summed E-state index contributed by atoms with van der Waals surface area (Å²) >= 11 is 0. The maximum Gasteiger partial charge on any atom is 0.418 e. The summed E-state index contributed by atoms with van der Waals surface area (Å²) in [6, 6.07) is 2.88. The van der Waals surface area contributed by atoms with E-state index < -0.39 is 17.5 Å². The summed E-state index contributed by atoms with van der Waals surface area (Å²) in [6.07, 6.45) is -0.850. The molecule has 0 aromatic carbocycles. The Morgan fingerprint density at radius 2 is 2.00 bits per heavy atom. The standard InChI is InChI=1S/C11H11F3N2O/c1-2-10(16-17)9(11(12,13)14)7-8-3-5-15-6-4-8/h3-7,17H,2H2,1H3/b9-7+,16-10?. The summed E-state index contributed by atoms with van der Waals surface area (Å²) in [6.45, 7) is 1.49. The van der Waals surface area contributed by atoms with Gasteiger partial charge in [-0.05, 0) is 30.2 Å². The van der Waals surface area contributed by atoms with Crippen molar-refractivity contribution in [3.8, 4) is 0 Å². The zero-order valence-corrected chi connectivity index (χ0v) is 9.07. The third-order valence-electron chi connectivity index (χ3n) is 2.09. The van der Waals surface area contributed by atoms with E-state index in [0.29, 0.717) is 5.56 Å². The van der Waals surface area contributed by atoms with Crippen LogP contribution in [0, 0.1) is 0 Å². The van der Waals surface area contributed by atoms with Crippen LogP contribution in [0.2, 0.25) is 0 Å². The number of hydrogen-bond donors (Lipinski definition) is 1. The van der Waals surface area contributed by atoms with Crippen molar-refractivity contribution in [3.05, 3.63) is 35.7 Å². The zero-order chi connectivity index (χ0) is 12.9. The van der Waals surface area contributed by atoms with E-state index in [1.807, 2.05) is 0 Å². The maximum absolute atomic E-state index is 12.8. The molecular weight excluding hydrogens is 233 g/mol. The average molecular weight is 244 g/mol. The molecule has 1 aromatic heterocycles. The predicted molar refractivity (Wildman–Crippen MR) is 57.8 cm³/mol. The smallest absolute Gasteiger partial charge is 0.411 e. The Bertz CT molecular complexity index is 424. The maximum atomic E-state index is 12.8. The molecule has 17 heavy (non-hydrogen) atoms. The Morgan fingerprint density at radius 3 is 2.41 bits per heavy atom. The van der Waals surface area contributed by atoms with Crippen LogP contribution in [0.1, 0.15) is 18.9 Å². The quantitative estimate of drug-likeness (QED) is 0.504. The van der Waals surface area contributed by atoms with Gasteiger partial charge < -0.3 is 5.21 Å². The second-order valence-electron chi connectivity index (χ2n) is 3.24. The number of oxime groups is 1. The minimum absolute atomic E-state index is 0.00702. The summed E-state index contributed by atoms with van der Waals surface area (Å²) in [5.74, 6) is 0. The van der Waals surface area contributed by atoms with Crippen molar-refractivity contribution >= 4 is 11.8 Å². The number of rotatable bonds is 3. The lowest BCUT2D eigenvalue weighted by Crippen LogP contribution is -2.19. The fraction of sp³-hybridized carbons (Fsp3) is 0.273. The molecule has 1 N–H and O–H groups in total. The van der Waals surface area contributed by atoms with Gasteiger partial charge in [-0.3, -0.25) is 4.98 Å². The largest absolute Gasteiger partial charge is 0.418 e. The zero-order valence-electron chi connectivity index (χ0n) is 9.07. The van der Waals surface area contributed by atoms with Gasteiger partial charge in [0.05, 0.1) is 11.3 Å². The molecule has 0 spiro atoms. The number of hydrogen-bond acceptors (Lipinski definition) is 3. The van der Waals surface area contributed by atoms with Crippen LogP contribution in [0.15, 0.2) is 35.3 Å². The van der Waals surface area contributed by atoms with E-state index in [9.17, 15) is 13.2 Å². The molecule has 6 heteroatoms. The summed E-state index contributed by atoms with van der Waals surface area (Å²) in [7, 11) is 0. The topological polar surface area (TPSA) is 45.5 Å². The molecule has 1 aromatic rings. The highest BCUT2D eigenvalue weighted by Gasteiger charge is 2.36. The van der Waals surface area contributed by atoms with Crippen LogP contribution in [0.4, 0.5) is 13.2 Å². The molecule has 0 fully saturated rings. The first-order chi connectivity index (χ1) is 7.99.